The molecule has 9 heteroatoms. The monoisotopic (exact) mass is 420 g/mol. The summed E-state index contributed by atoms with van der Waals surface area (Å²) in [5, 5.41) is 12.0. The first kappa shape index (κ1) is 22.9. The second-order valence-electron chi connectivity index (χ2n) is 6.71. The zero-order valence-electron chi connectivity index (χ0n) is 16.9. The Kier molecular flexibility index (Phi) is 8.64. The van der Waals surface area contributed by atoms with Crippen molar-refractivity contribution in [2.24, 2.45) is 0 Å². The molecule has 1 aliphatic rings. The number of aryl methyl sites for hydroxylation is 1. The van der Waals surface area contributed by atoms with Crippen LogP contribution in [0.1, 0.15) is 18.9 Å². The van der Waals surface area contributed by atoms with Crippen molar-refractivity contribution in [3.05, 3.63) is 41.6 Å². The van der Waals surface area contributed by atoms with Gasteiger partial charge in [-0.3, -0.25) is 4.79 Å². The van der Waals surface area contributed by atoms with E-state index in [9.17, 15) is 18.5 Å². The van der Waals surface area contributed by atoms with Crippen molar-refractivity contribution in [1.82, 2.24) is 14.5 Å². The molecule has 0 saturated carbocycles. The van der Waals surface area contributed by atoms with Crippen LogP contribution >= 0.6 is 0 Å². The number of nitrogens with zero attached hydrogens (tertiary/aromatic N) is 3. The Hall–Kier alpha value is -2.41. The van der Waals surface area contributed by atoms with Gasteiger partial charge in [-0.1, -0.05) is 17.7 Å². The molecule has 0 aromatic heterocycles. The van der Waals surface area contributed by atoms with Crippen LogP contribution in [-0.2, 0) is 19.6 Å². The topological polar surface area (TPSA) is 103 Å². The number of rotatable bonds is 9. The molecule has 158 valence electrons. The summed E-state index contributed by atoms with van der Waals surface area (Å²) < 4.78 is 32.1. The van der Waals surface area contributed by atoms with E-state index in [0.717, 1.165) is 5.56 Å². The highest BCUT2D eigenvalue weighted by molar-refractivity contribution is 7.89. The first-order valence-corrected chi connectivity index (χ1v) is 11.1. The fourth-order valence-corrected chi connectivity index (χ4v) is 4.29. The Morgan fingerprint density at radius 1 is 1.24 bits per heavy atom. The van der Waals surface area contributed by atoms with Crippen LogP contribution in [0.5, 0.6) is 0 Å². The van der Waals surface area contributed by atoms with Crippen molar-refractivity contribution in [2.75, 3.05) is 45.9 Å². The summed E-state index contributed by atoms with van der Waals surface area (Å²) in [6.45, 7) is 6.83. The maximum Gasteiger partial charge on any atom is 0.263 e. The first-order chi connectivity index (χ1) is 13.9. The van der Waals surface area contributed by atoms with Crippen molar-refractivity contribution >= 4 is 15.9 Å². The van der Waals surface area contributed by atoms with Crippen molar-refractivity contribution < 1.29 is 17.9 Å². The fourth-order valence-electron chi connectivity index (χ4n) is 2.87. The second kappa shape index (κ2) is 11.0. The molecule has 1 fully saturated rings. The Bertz CT molecular complexity index is 851. The molecule has 1 aliphatic heterocycles. The summed E-state index contributed by atoms with van der Waals surface area (Å²) in [5.41, 5.74) is 1.01. The van der Waals surface area contributed by atoms with E-state index in [1.165, 1.54) is 10.5 Å². The number of carbonyl (C=O) groups excluding carboxylic acids is 1. The summed E-state index contributed by atoms with van der Waals surface area (Å²) >= 11 is 0. The summed E-state index contributed by atoms with van der Waals surface area (Å²) in [4.78, 5) is 14.2. The van der Waals surface area contributed by atoms with Gasteiger partial charge in [-0.25, -0.2) is 8.42 Å². The van der Waals surface area contributed by atoms with E-state index in [1.54, 1.807) is 29.2 Å². The largest absolute Gasteiger partial charge is 0.382 e. The Balaban J connectivity index is 1.91. The zero-order chi connectivity index (χ0) is 21.3. The SMILES string of the molecule is CCOCCCNC(=O)/C(C#N)=C\N1CCN(S(=O)(=O)c2ccc(C)cc2)CC1. The molecule has 1 N–H and O–H groups in total. The van der Waals surface area contributed by atoms with Crippen LogP contribution in [0.15, 0.2) is 40.9 Å². The molecule has 1 aromatic rings. The van der Waals surface area contributed by atoms with E-state index in [2.05, 4.69) is 5.32 Å². The molecule has 0 atom stereocenters. The van der Waals surface area contributed by atoms with Crippen LogP contribution in [0.25, 0.3) is 0 Å². The van der Waals surface area contributed by atoms with Gasteiger partial charge in [0.05, 0.1) is 4.90 Å². The highest BCUT2D eigenvalue weighted by Gasteiger charge is 2.28. The lowest BCUT2D eigenvalue weighted by atomic mass is 10.2. The summed E-state index contributed by atoms with van der Waals surface area (Å²) in [6, 6.07) is 8.69. The Morgan fingerprint density at radius 2 is 1.90 bits per heavy atom. The van der Waals surface area contributed by atoms with Crippen molar-refractivity contribution in [1.29, 1.82) is 5.26 Å². The van der Waals surface area contributed by atoms with Gasteiger partial charge < -0.3 is 15.0 Å². The van der Waals surface area contributed by atoms with Crippen molar-refractivity contribution in [2.45, 2.75) is 25.2 Å². The van der Waals surface area contributed by atoms with Gasteiger partial charge in [-0.15, -0.1) is 0 Å². The summed E-state index contributed by atoms with van der Waals surface area (Å²) in [6.07, 6.45) is 2.18. The second-order valence-corrected chi connectivity index (χ2v) is 8.65. The average Bonchev–Trinajstić information content (AvgIpc) is 2.72. The lowest BCUT2D eigenvalue weighted by molar-refractivity contribution is -0.117. The number of hydrogen-bond donors (Lipinski definition) is 1. The quantitative estimate of drug-likeness (QED) is 0.366. The molecule has 1 heterocycles. The van der Waals surface area contributed by atoms with Gasteiger partial charge in [0.1, 0.15) is 11.6 Å². The average molecular weight is 421 g/mol. The van der Waals surface area contributed by atoms with E-state index >= 15 is 0 Å². The minimum atomic E-state index is -3.54. The lowest BCUT2D eigenvalue weighted by Gasteiger charge is -2.33. The summed E-state index contributed by atoms with van der Waals surface area (Å²) in [7, 11) is -3.54. The molecule has 0 unspecified atom stereocenters. The summed E-state index contributed by atoms with van der Waals surface area (Å²) in [5.74, 6) is -0.432. The maximum atomic E-state index is 12.8. The van der Waals surface area contributed by atoms with Crippen LogP contribution in [0.3, 0.4) is 0 Å². The van der Waals surface area contributed by atoms with Gasteiger partial charge >= 0.3 is 0 Å². The van der Waals surface area contributed by atoms with Crippen LogP contribution in [0, 0.1) is 18.3 Å². The minimum absolute atomic E-state index is 0.0104. The molecular weight excluding hydrogens is 392 g/mol. The van der Waals surface area contributed by atoms with E-state index in [0.29, 0.717) is 52.4 Å². The molecule has 0 aliphatic carbocycles. The number of carbonyl (C=O) groups is 1. The van der Waals surface area contributed by atoms with E-state index in [-0.39, 0.29) is 10.5 Å². The third kappa shape index (κ3) is 6.56. The molecule has 29 heavy (non-hydrogen) atoms. The van der Waals surface area contributed by atoms with Gasteiger partial charge in [-0.05, 0) is 32.4 Å². The number of nitriles is 1. The third-order valence-corrected chi connectivity index (χ3v) is 6.48. The van der Waals surface area contributed by atoms with Gasteiger partial charge in [0.25, 0.3) is 5.91 Å². The normalized spacial score (nSPS) is 15.8. The van der Waals surface area contributed by atoms with E-state index < -0.39 is 15.9 Å². The molecule has 0 spiro atoms. The van der Waals surface area contributed by atoms with Gasteiger partial charge in [0.15, 0.2) is 0 Å². The number of amides is 1. The predicted octanol–water partition coefficient (Wildman–Crippen LogP) is 1.25. The number of sulfonamides is 1. The highest BCUT2D eigenvalue weighted by atomic mass is 32.2. The minimum Gasteiger partial charge on any atom is -0.382 e. The first-order valence-electron chi connectivity index (χ1n) is 9.67. The highest BCUT2D eigenvalue weighted by Crippen LogP contribution is 2.18. The van der Waals surface area contributed by atoms with Gasteiger partial charge in [0, 0.05) is 52.1 Å². The van der Waals surface area contributed by atoms with Crippen molar-refractivity contribution in [3.8, 4) is 6.07 Å². The molecular formula is C20H28N4O4S. The Morgan fingerprint density at radius 3 is 2.48 bits per heavy atom. The molecule has 1 aromatic carbocycles. The number of nitrogens with one attached hydrogen (secondary N) is 1. The number of ether oxygens (including phenoxy) is 1. The van der Waals surface area contributed by atoms with Crippen LogP contribution < -0.4 is 5.32 Å². The van der Waals surface area contributed by atoms with E-state index in [4.69, 9.17) is 4.74 Å². The Labute approximate surface area is 172 Å². The van der Waals surface area contributed by atoms with Crippen molar-refractivity contribution in [3.63, 3.8) is 0 Å². The van der Waals surface area contributed by atoms with E-state index in [1.807, 2.05) is 19.9 Å². The van der Waals surface area contributed by atoms with Crippen LogP contribution in [-0.4, -0.2) is 69.5 Å². The number of piperazine rings is 1. The van der Waals surface area contributed by atoms with Crippen LogP contribution in [0.2, 0.25) is 0 Å². The standard InChI is InChI=1S/C20H28N4O4S/c1-3-28-14-4-9-22-20(25)18(15-21)16-23-10-12-24(13-11-23)29(26,27)19-7-5-17(2)6-8-19/h5-8,16H,3-4,9-14H2,1-2H3,(H,22,25)/b18-16-. The smallest absolute Gasteiger partial charge is 0.263 e. The fraction of sp³-hybridized carbons (Fsp3) is 0.500. The van der Waals surface area contributed by atoms with Gasteiger partial charge in [-0.2, -0.15) is 9.57 Å². The molecule has 1 saturated heterocycles. The van der Waals surface area contributed by atoms with Gasteiger partial charge in [0.2, 0.25) is 10.0 Å². The third-order valence-electron chi connectivity index (χ3n) is 4.56. The molecule has 0 bridgehead atoms. The predicted molar refractivity (Wildman–Crippen MR) is 109 cm³/mol. The van der Waals surface area contributed by atoms with Crippen LogP contribution in [0.4, 0.5) is 0 Å². The molecule has 8 nitrogen and oxygen atoms in total. The zero-order valence-corrected chi connectivity index (χ0v) is 17.7. The maximum absolute atomic E-state index is 12.8. The molecule has 0 radical (unpaired) electrons. The molecule has 1 amide bonds. The number of hydrogen-bond acceptors (Lipinski definition) is 6. The lowest BCUT2D eigenvalue weighted by Crippen LogP contribution is -2.47. The molecule has 2 rings (SSSR count). The number of benzene rings is 1.